The van der Waals surface area contributed by atoms with Gasteiger partial charge in [0.2, 0.25) is 0 Å². The highest BCUT2D eigenvalue weighted by Crippen LogP contribution is 2.26. The van der Waals surface area contributed by atoms with E-state index in [2.05, 4.69) is 28.0 Å². The molecule has 2 heterocycles. The Morgan fingerprint density at radius 1 is 0.720 bits per heavy atom. The van der Waals surface area contributed by atoms with E-state index in [1.165, 1.54) is 74.3 Å². The average Bonchev–Trinajstić information content (AvgIpc) is 2.67. The van der Waals surface area contributed by atoms with Crippen LogP contribution in [0.1, 0.15) is 30.4 Å². The van der Waals surface area contributed by atoms with Crippen LogP contribution in [0.25, 0.3) is 11.1 Å². The molecule has 0 spiro atoms. The van der Waals surface area contributed by atoms with Crippen molar-refractivity contribution in [1.82, 2.24) is 9.80 Å². The molecule has 0 bridgehead atoms. The minimum Gasteiger partial charge on any atom is -0.302 e. The number of nitrogens with zero attached hydrogens (tertiary/aromatic N) is 2. The summed E-state index contributed by atoms with van der Waals surface area (Å²) < 4.78 is 13.1. The number of hydrogen-bond donors (Lipinski definition) is 0. The van der Waals surface area contributed by atoms with Gasteiger partial charge in [0.1, 0.15) is 5.82 Å². The fourth-order valence-electron chi connectivity index (χ4n) is 4.09. The second kappa shape index (κ2) is 7.67. The van der Waals surface area contributed by atoms with E-state index in [0.717, 1.165) is 25.1 Å². The molecule has 0 unspecified atom stereocenters. The number of benzene rings is 2. The Bertz CT molecular complexity index is 704. The number of fused-ring (bicyclic) bond motifs is 1. The zero-order chi connectivity index (χ0) is 17.1. The molecule has 2 aliphatic rings. The Labute approximate surface area is 150 Å². The van der Waals surface area contributed by atoms with Crippen LogP contribution in [-0.2, 0) is 13.0 Å². The molecule has 0 saturated carbocycles. The van der Waals surface area contributed by atoms with Crippen molar-refractivity contribution in [3.05, 3.63) is 59.4 Å². The summed E-state index contributed by atoms with van der Waals surface area (Å²) in [5, 5.41) is 0. The third-order valence-electron chi connectivity index (χ3n) is 5.66. The first-order valence-electron chi connectivity index (χ1n) is 9.60. The van der Waals surface area contributed by atoms with Crippen molar-refractivity contribution < 1.29 is 4.39 Å². The number of likely N-dealkylation sites (tertiary alicyclic amines) is 1. The molecule has 0 atom stereocenters. The smallest absolute Gasteiger partial charge is 0.123 e. The van der Waals surface area contributed by atoms with Crippen molar-refractivity contribution in [1.29, 1.82) is 0 Å². The van der Waals surface area contributed by atoms with Crippen LogP contribution < -0.4 is 0 Å². The summed E-state index contributed by atoms with van der Waals surface area (Å²) in [6, 6.07) is 13.6. The largest absolute Gasteiger partial charge is 0.302 e. The first-order valence-corrected chi connectivity index (χ1v) is 9.60. The maximum atomic E-state index is 13.1. The van der Waals surface area contributed by atoms with E-state index in [4.69, 9.17) is 0 Å². The lowest BCUT2D eigenvalue weighted by molar-refractivity contribution is 0.173. The summed E-state index contributed by atoms with van der Waals surface area (Å²) in [7, 11) is 0. The Morgan fingerprint density at radius 2 is 1.44 bits per heavy atom. The standard InChI is InChI=1S/C22H27FN2/c23-22-8-6-18(7-9-22)19-4-5-21-17-25(13-10-20(21)16-19)15-14-24-11-2-1-3-12-24/h4-9,16H,1-3,10-15,17H2. The number of rotatable bonds is 4. The van der Waals surface area contributed by atoms with Crippen LogP contribution in [0.15, 0.2) is 42.5 Å². The molecule has 0 aromatic heterocycles. The van der Waals surface area contributed by atoms with Crippen molar-refractivity contribution in [2.45, 2.75) is 32.2 Å². The van der Waals surface area contributed by atoms with Gasteiger partial charge in [-0.3, -0.25) is 4.90 Å². The molecular formula is C22H27FN2. The molecule has 0 aliphatic carbocycles. The van der Waals surface area contributed by atoms with E-state index >= 15 is 0 Å². The first kappa shape index (κ1) is 16.7. The van der Waals surface area contributed by atoms with Gasteiger partial charge < -0.3 is 4.90 Å². The average molecular weight is 338 g/mol. The molecule has 4 rings (SSSR count). The molecule has 2 nitrogen and oxygen atoms in total. The summed E-state index contributed by atoms with van der Waals surface area (Å²) >= 11 is 0. The maximum absolute atomic E-state index is 13.1. The lowest BCUT2D eigenvalue weighted by Crippen LogP contribution is -2.39. The van der Waals surface area contributed by atoms with E-state index in [-0.39, 0.29) is 5.82 Å². The minimum absolute atomic E-state index is 0.175. The highest BCUT2D eigenvalue weighted by Gasteiger charge is 2.18. The van der Waals surface area contributed by atoms with Gasteiger partial charge >= 0.3 is 0 Å². The molecule has 0 amide bonds. The van der Waals surface area contributed by atoms with Gasteiger partial charge in [-0.1, -0.05) is 36.8 Å². The zero-order valence-electron chi connectivity index (χ0n) is 14.9. The Hall–Kier alpha value is -1.71. The quantitative estimate of drug-likeness (QED) is 0.818. The summed E-state index contributed by atoms with van der Waals surface area (Å²) in [6.45, 7) is 7.17. The van der Waals surface area contributed by atoms with E-state index in [0.29, 0.717) is 0 Å². The van der Waals surface area contributed by atoms with Gasteiger partial charge in [-0.15, -0.1) is 0 Å². The maximum Gasteiger partial charge on any atom is 0.123 e. The first-order chi connectivity index (χ1) is 12.3. The van der Waals surface area contributed by atoms with E-state index in [9.17, 15) is 4.39 Å². The van der Waals surface area contributed by atoms with Crippen molar-refractivity contribution in [2.75, 3.05) is 32.7 Å². The fraction of sp³-hybridized carbons (Fsp3) is 0.455. The molecule has 25 heavy (non-hydrogen) atoms. The molecule has 0 radical (unpaired) electrons. The fourth-order valence-corrected chi connectivity index (χ4v) is 4.09. The summed E-state index contributed by atoms with van der Waals surface area (Å²) in [5.41, 5.74) is 5.20. The number of piperidine rings is 1. The van der Waals surface area contributed by atoms with Crippen molar-refractivity contribution >= 4 is 0 Å². The van der Waals surface area contributed by atoms with Crippen LogP contribution in [0.3, 0.4) is 0 Å². The Morgan fingerprint density at radius 3 is 2.24 bits per heavy atom. The highest BCUT2D eigenvalue weighted by molar-refractivity contribution is 5.65. The van der Waals surface area contributed by atoms with Gasteiger partial charge in [-0.25, -0.2) is 4.39 Å². The van der Waals surface area contributed by atoms with Crippen molar-refractivity contribution in [2.24, 2.45) is 0 Å². The Kier molecular flexibility index (Phi) is 5.14. The Balaban J connectivity index is 1.39. The lowest BCUT2D eigenvalue weighted by atomic mass is 9.94. The molecule has 2 aromatic rings. The molecule has 132 valence electrons. The second-order valence-corrected chi connectivity index (χ2v) is 7.42. The monoisotopic (exact) mass is 338 g/mol. The van der Waals surface area contributed by atoms with Gasteiger partial charge in [0.05, 0.1) is 0 Å². The van der Waals surface area contributed by atoms with Gasteiger partial charge in [-0.2, -0.15) is 0 Å². The van der Waals surface area contributed by atoms with Crippen LogP contribution in [0.5, 0.6) is 0 Å². The summed E-state index contributed by atoms with van der Waals surface area (Å²) in [5.74, 6) is -0.175. The number of halogens is 1. The van der Waals surface area contributed by atoms with Gasteiger partial charge in [0, 0.05) is 26.2 Å². The zero-order valence-corrected chi connectivity index (χ0v) is 14.9. The van der Waals surface area contributed by atoms with Gasteiger partial charge in [0.25, 0.3) is 0 Å². The normalized spacial score (nSPS) is 18.9. The van der Waals surface area contributed by atoms with Gasteiger partial charge in [-0.05, 0) is 66.7 Å². The molecule has 1 saturated heterocycles. The highest BCUT2D eigenvalue weighted by atomic mass is 19.1. The van der Waals surface area contributed by atoms with E-state index < -0.39 is 0 Å². The topological polar surface area (TPSA) is 6.48 Å². The summed E-state index contributed by atoms with van der Waals surface area (Å²) in [4.78, 5) is 5.21. The third-order valence-corrected chi connectivity index (χ3v) is 5.66. The molecule has 2 aliphatic heterocycles. The van der Waals surface area contributed by atoms with Crippen LogP contribution in [-0.4, -0.2) is 42.5 Å². The molecule has 0 N–H and O–H groups in total. The lowest BCUT2D eigenvalue weighted by Gasteiger charge is -2.33. The molecular weight excluding hydrogens is 311 g/mol. The van der Waals surface area contributed by atoms with Gasteiger partial charge in [0.15, 0.2) is 0 Å². The third kappa shape index (κ3) is 4.10. The molecule has 2 aromatic carbocycles. The predicted molar refractivity (Wildman–Crippen MR) is 101 cm³/mol. The number of hydrogen-bond acceptors (Lipinski definition) is 2. The summed E-state index contributed by atoms with van der Waals surface area (Å²) in [6.07, 6.45) is 5.26. The molecule has 3 heteroatoms. The van der Waals surface area contributed by atoms with E-state index in [1.807, 2.05) is 12.1 Å². The second-order valence-electron chi connectivity index (χ2n) is 7.42. The van der Waals surface area contributed by atoms with Crippen LogP contribution >= 0.6 is 0 Å². The SMILES string of the molecule is Fc1ccc(-c2ccc3c(c2)CCN(CCN2CCCCC2)C3)cc1. The van der Waals surface area contributed by atoms with Crippen LogP contribution in [0.4, 0.5) is 4.39 Å². The predicted octanol–water partition coefficient (Wildman–Crippen LogP) is 4.34. The van der Waals surface area contributed by atoms with Crippen molar-refractivity contribution in [3.63, 3.8) is 0 Å². The van der Waals surface area contributed by atoms with Crippen molar-refractivity contribution in [3.8, 4) is 11.1 Å². The molecule has 1 fully saturated rings. The van der Waals surface area contributed by atoms with Crippen LogP contribution in [0, 0.1) is 5.82 Å². The van der Waals surface area contributed by atoms with Crippen LogP contribution in [0.2, 0.25) is 0 Å². The van der Waals surface area contributed by atoms with E-state index in [1.54, 1.807) is 0 Å². The minimum atomic E-state index is -0.175.